The molecule has 0 spiro atoms. The lowest BCUT2D eigenvalue weighted by Gasteiger charge is -2.15. The predicted molar refractivity (Wildman–Crippen MR) is 152 cm³/mol. The molecule has 0 aliphatic heterocycles. The Morgan fingerprint density at radius 2 is 1.59 bits per heavy atom. The van der Waals surface area contributed by atoms with E-state index in [4.69, 9.17) is 39.5 Å². The molecule has 1 aliphatic carbocycles. The molecule has 16 heteroatoms. The first-order valence-electron chi connectivity index (χ1n) is 12.4. The zero-order valence-corrected chi connectivity index (χ0v) is 24.7. The number of alkyl halides is 5. The van der Waals surface area contributed by atoms with Gasteiger partial charge < -0.3 is 20.7 Å². The fourth-order valence-corrected chi connectivity index (χ4v) is 5.33. The highest BCUT2D eigenvalue weighted by Crippen LogP contribution is 2.65. The van der Waals surface area contributed by atoms with E-state index < -0.39 is 80.6 Å². The zero-order chi connectivity index (χ0) is 32.7. The van der Waals surface area contributed by atoms with Crippen LogP contribution in [0.1, 0.15) is 34.3 Å². The van der Waals surface area contributed by atoms with Crippen molar-refractivity contribution < 1.29 is 45.5 Å². The molecular formula is C28H20Cl3F6N3O4. The van der Waals surface area contributed by atoms with Crippen LogP contribution in [0.15, 0.2) is 48.5 Å². The molecule has 7 nitrogen and oxygen atoms in total. The molecule has 0 heterocycles. The molecule has 1 saturated carbocycles. The fraction of sp³-hybridized carbons (Fsp3) is 0.250. The Morgan fingerprint density at radius 1 is 0.932 bits per heavy atom. The normalized spacial score (nSPS) is 17.9. The smallest absolute Gasteiger partial charge is 0.372 e. The van der Waals surface area contributed by atoms with Gasteiger partial charge in [-0.3, -0.25) is 14.4 Å². The number of amides is 3. The predicted octanol–water partition coefficient (Wildman–Crippen LogP) is 7.53. The molecule has 3 amide bonds. The maximum absolute atomic E-state index is 15.0. The second kappa shape index (κ2) is 12.5. The van der Waals surface area contributed by atoms with Gasteiger partial charge in [-0.15, -0.1) is 23.2 Å². The summed E-state index contributed by atoms with van der Waals surface area (Å²) >= 11 is 18.6. The van der Waals surface area contributed by atoms with Gasteiger partial charge in [0.15, 0.2) is 5.82 Å². The second-order valence-electron chi connectivity index (χ2n) is 9.66. The van der Waals surface area contributed by atoms with Gasteiger partial charge in [-0.05, 0) is 55.0 Å². The highest BCUT2D eigenvalue weighted by molar-refractivity contribution is 6.53. The molecule has 3 aromatic rings. The Bertz CT molecular complexity index is 1650. The molecule has 3 atom stereocenters. The highest BCUT2D eigenvalue weighted by Gasteiger charge is 2.67. The number of carbonyl (C=O) groups excluding carboxylic acids is 3. The van der Waals surface area contributed by atoms with Crippen LogP contribution in [0.25, 0.3) is 0 Å². The van der Waals surface area contributed by atoms with Crippen LogP contribution >= 0.6 is 34.8 Å². The number of rotatable bonds is 8. The fourth-order valence-electron chi connectivity index (χ4n) is 4.30. The van der Waals surface area contributed by atoms with Crippen molar-refractivity contribution in [1.82, 2.24) is 0 Å². The Hall–Kier alpha value is -3.52. The number of hydrogen-bond acceptors (Lipinski definition) is 4. The van der Waals surface area contributed by atoms with E-state index in [9.17, 15) is 36.3 Å². The number of carbonyl (C=O) groups is 3. The lowest BCUT2D eigenvalue weighted by Crippen LogP contribution is -2.27. The van der Waals surface area contributed by atoms with Gasteiger partial charge in [0.1, 0.15) is 27.8 Å². The molecule has 0 saturated heterocycles. The lowest BCUT2D eigenvalue weighted by molar-refractivity contribution is -0.140. The molecule has 0 radical (unpaired) electrons. The number of ether oxygens (including phenoxy) is 1. The maximum atomic E-state index is 15.0. The number of hydrogen-bond donors (Lipinski definition) is 3. The average Bonchev–Trinajstić information content (AvgIpc) is 3.54. The van der Waals surface area contributed by atoms with E-state index in [0.29, 0.717) is 12.1 Å². The van der Waals surface area contributed by atoms with Crippen molar-refractivity contribution in [2.24, 2.45) is 5.92 Å². The minimum atomic E-state index is -5.00. The van der Waals surface area contributed by atoms with Gasteiger partial charge in [0, 0.05) is 18.7 Å². The summed E-state index contributed by atoms with van der Waals surface area (Å²) in [5.74, 6) is -8.98. The summed E-state index contributed by atoms with van der Waals surface area (Å²) in [7, 11) is 1.22. The molecule has 0 bridgehead atoms. The molecular weight excluding hydrogens is 663 g/mol. The van der Waals surface area contributed by atoms with Crippen molar-refractivity contribution in [1.29, 1.82) is 0 Å². The van der Waals surface area contributed by atoms with Crippen LogP contribution in [0.5, 0.6) is 0 Å². The van der Waals surface area contributed by atoms with Crippen molar-refractivity contribution in [3.8, 4) is 0 Å². The van der Waals surface area contributed by atoms with Crippen molar-refractivity contribution in [2.45, 2.75) is 29.5 Å². The van der Waals surface area contributed by atoms with Gasteiger partial charge in [-0.25, -0.2) is 13.2 Å². The molecule has 1 aliphatic rings. The summed E-state index contributed by atoms with van der Waals surface area (Å²) < 4.78 is 85.6. The summed E-state index contributed by atoms with van der Waals surface area (Å²) in [5, 5.41) is 6.55. The number of anilines is 3. The van der Waals surface area contributed by atoms with Gasteiger partial charge in [0.25, 0.3) is 11.8 Å². The van der Waals surface area contributed by atoms with E-state index in [1.807, 2.05) is 5.32 Å². The summed E-state index contributed by atoms with van der Waals surface area (Å²) in [5.41, 5.74) is -3.30. The summed E-state index contributed by atoms with van der Waals surface area (Å²) in [4.78, 5) is 38.0. The molecule has 4 rings (SSSR count). The first-order chi connectivity index (χ1) is 20.5. The molecule has 2 unspecified atom stereocenters. The first kappa shape index (κ1) is 33.4. The Balaban J connectivity index is 1.52. The molecule has 234 valence electrons. The number of nitrogens with one attached hydrogen (secondary N) is 3. The third kappa shape index (κ3) is 6.75. The van der Waals surface area contributed by atoms with E-state index in [1.54, 1.807) is 0 Å². The van der Waals surface area contributed by atoms with Crippen LogP contribution in [-0.4, -0.2) is 35.3 Å². The minimum absolute atomic E-state index is 0.0181. The van der Waals surface area contributed by atoms with Gasteiger partial charge in [-0.2, -0.15) is 13.2 Å². The third-order valence-electron chi connectivity index (χ3n) is 6.78. The number of benzene rings is 3. The molecule has 1 fully saturated rings. The summed E-state index contributed by atoms with van der Waals surface area (Å²) in [6.45, 7) is 1.35. The maximum Gasteiger partial charge on any atom is 0.419 e. The largest absolute Gasteiger partial charge is 0.419 e. The van der Waals surface area contributed by atoms with Gasteiger partial charge in [0.2, 0.25) is 5.91 Å². The van der Waals surface area contributed by atoms with E-state index in [1.165, 1.54) is 26.2 Å². The zero-order valence-electron chi connectivity index (χ0n) is 22.4. The second-order valence-corrected chi connectivity index (χ2v) is 11.5. The number of halogens is 9. The van der Waals surface area contributed by atoms with E-state index in [0.717, 1.165) is 24.3 Å². The van der Waals surface area contributed by atoms with Crippen LogP contribution in [0, 0.1) is 23.4 Å². The molecule has 3 aromatic carbocycles. The Morgan fingerprint density at radius 3 is 2.23 bits per heavy atom. The van der Waals surface area contributed by atoms with Crippen molar-refractivity contribution in [3.05, 3.63) is 87.7 Å². The lowest BCUT2D eigenvalue weighted by atomic mass is 10.0. The topological polar surface area (TPSA) is 96.5 Å². The molecule has 44 heavy (non-hydrogen) atoms. The van der Waals surface area contributed by atoms with Crippen molar-refractivity contribution >= 4 is 69.6 Å². The molecule has 3 N–H and O–H groups in total. The summed E-state index contributed by atoms with van der Waals surface area (Å²) in [6.07, 6.45) is -6.03. The van der Waals surface area contributed by atoms with Gasteiger partial charge >= 0.3 is 6.18 Å². The summed E-state index contributed by atoms with van der Waals surface area (Å²) in [6, 6.07) is 7.50. The Labute approximate surface area is 260 Å². The van der Waals surface area contributed by atoms with Gasteiger partial charge in [0.05, 0.1) is 27.8 Å². The third-order valence-corrected chi connectivity index (χ3v) is 8.05. The quantitative estimate of drug-likeness (QED) is 0.169. The van der Waals surface area contributed by atoms with Crippen LogP contribution in [0.2, 0.25) is 5.02 Å². The van der Waals surface area contributed by atoms with E-state index in [-0.39, 0.29) is 21.8 Å². The monoisotopic (exact) mass is 681 g/mol. The van der Waals surface area contributed by atoms with E-state index in [2.05, 4.69) is 10.6 Å². The van der Waals surface area contributed by atoms with Crippen molar-refractivity contribution in [2.75, 3.05) is 23.1 Å². The van der Waals surface area contributed by atoms with Crippen LogP contribution in [-0.2, 0) is 20.5 Å². The van der Waals surface area contributed by atoms with Crippen molar-refractivity contribution in [3.63, 3.8) is 0 Å². The standard InChI is InChI=1S/C28H20Cl3F6N3O4/c1-11(44-2)24(41)40-23-18(33)7-8-19(22(23)34)39-25(42)14-10-13(4-5-16(14)29)38-26(43)21-20(27(21,30)31)12-3-6-17(32)15(9-12)28(35,36)37/h3-11,20-21H,1-2H3,(H,38,43)(H,39,42)(H,40,41)/t11?,20?,21-/m1/s1. The highest BCUT2D eigenvalue weighted by atomic mass is 35.5. The molecule has 0 aromatic heterocycles. The first-order valence-corrected chi connectivity index (χ1v) is 13.6. The minimum Gasteiger partial charge on any atom is -0.372 e. The SMILES string of the molecule is COC(C)C(=O)Nc1c(F)ccc(NC(=O)c2cc(NC(=O)[C@H]3C(c4ccc(F)c(C(F)(F)F)c4)C3(Cl)Cl)ccc2Cl)c1F. The van der Waals surface area contributed by atoms with Gasteiger partial charge in [-0.1, -0.05) is 17.7 Å². The van der Waals surface area contributed by atoms with E-state index >= 15 is 4.39 Å². The van der Waals surface area contributed by atoms with Crippen LogP contribution < -0.4 is 16.0 Å². The van der Waals surface area contributed by atoms with Crippen LogP contribution in [0.3, 0.4) is 0 Å². The van der Waals surface area contributed by atoms with Crippen LogP contribution in [0.4, 0.5) is 43.4 Å². The number of methoxy groups -OCH3 is 1. The Kier molecular flexibility index (Phi) is 9.46. The average molecular weight is 683 g/mol.